The van der Waals surface area contributed by atoms with Crippen LogP contribution in [0.2, 0.25) is 0 Å². The van der Waals surface area contributed by atoms with Gasteiger partial charge in [0, 0.05) is 19.1 Å². The molecule has 1 aliphatic rings. The van der Waals surface area contributed by atoms with Crippen LogP contribution in [0.4, 0.5) is 18.0 Å². The highest BCUT2D eigenvalue weighted by Gasteiger charge is 2.35. The van der Waals surface area contributed by atoms with Crippen molar-refractivity contribution in [3.8, 4) is 0 Å². The largest absolute Gasteiger partial charge is 0.416 e. The van der Waals surface area contributed by atoms with Crippen molar-refractivity contribution >= 4 is 11.9 Å². The topological polar surface area (TPSA) is 61.4 Å². The number of hydrogen-bond donors (Lipinski definition) is 2. The molecular weight excluding hydrogens is 323 g/mol. The first kappa shape index (κ1) is 18.3. The predicted molar refractivity (Wildman–Crippen MR) is 82.2 cm³/mol. The lowest BCUT2D eigenvalue weighted by molar-refractivity contribution is -0.137. The molecule has 1 aromatic rings. The fourth-order valence-electron chi connectivity index (χ4n) is 2.55. The monoisotopic (exact) mass is 343 g/mol. The second-order valence-electron chi connectivity index (χ2n) is 5.83. The van der Waals surface area contributed by atoms with Crippen molar-refractivity contribution in [1.29, 1.82) is 0 Å². The Hall–Kier alpha value is -2.09. The van der Waals surface area contributed by atoms with E-state index in [1.54, 1.807) is 13.0 Å². The summed E-state index contributed by atoms with van der Waals surface area (Å²) in [5, 5.41) is 4.46. The summed E-state index contributed by atoms with van der Waals surface area (Å²) in [6.45, 7) is 1.72. The Bertz CT molecular complexity index is 615. The lowest BCUT2D eigenvalue weighted by Crippen LogP contribution is -2.44. The zero-order valence-electron chi connectivity index (χ0n) is 13.5. The smallest absolute Gasteiger partial charge is 0.341 e. The van der Waals surface area contributed by atoms with E-state index in [4.69, 9.17) is 0 Å². The molecule has 0 aliphatic heterocycles. The molecule has 132 valence electrons. The molecule has 1 aliphatic carbocycles. The van der Waals surface area contributed by atoms with Gasteiger partial charge in [-0.3, -0.25) is 15.0 Å². The van der Waals surface area contributed by atoms with Gasteiger partial charge in [0.1, 0.15) is 0 Å². The Labute approximate surface area is 138 Å². The number of benzene rings is 1. The number of urea groups is 1. The van der Waals surface area contributed by atoms with Crippen LogP contribution in [0.3, 0.4) is 0 Å². The number of imide groups is 1. The molecule has 24 heavy (non-hydrogen) atoms. The molecule has 0 aromatic heterocycles. The van der Waals surface area contributed by atoms with Crippen molar-refractivity contribution in [2.24, 2.45) is 0 Å². The van der Waals surface area contributed by atoms with Gasteiger partial charge in [0.15, 0.2) is 0 Å². The van der Waals surface area contributed by atoms with Gasteiger partial charge in [-0.1, -0.05) is 12.1 Å². The van der Waals surface area contributed by atoms with Crippen molar-refractivity contribution in [3.05, 3.63) is 35.4 Å². The molecule has 1 atom stereocenters. The lowest BCUT2D eigenvalue weighted by Gasteiger charge is -2.29. The summed E-state index contributed by atoms with van der Waals surface area (Å²) in [6, 6.07) is 4.28. The summed E-state index contributed by atoms with van der Waals surface area (Å²) in [6.07, 6.45) is -2.64. The van der Waals surface area contributed by atoms with Gasteiger partial charge in [-0.15, -0.1) is 0 Å². The maximum Gasteiger partial charge on any atom is 0.416 e. The summed E-state index contributed by atoms with van der Waals surface area (Å²) in [7, 11) is 1.40. The maximum absolute atomic E-state index is 12.9. The molecule has 8 heteroatoms. The number of alkyl halides is 3. The normalized spacial score (nSPS) is 15.9. The second-order valence-corrected chi connectivity index (χ2v) is 5.83. The molecule has 3 amide bonds. The van der Waals surface area contributed by atoms with Crippen LogP contribution in [0.5, 0.6) is 0 Å². The first-order valence-electron chi connectivity index (χ1n) is 7.67. The van der Waals surface area contributed by atoms with Gasteiger partial charge in [0.25, 0.3) is 0 Å². The van der Waals surface area contributed by atoms with E-state index in [1.165, 1.54) is 13.1 Å². The molecule has 1 saturated carbocycles. The number of hydrogen-bond acceptors (Lipinski definition) is 3. The molecule has 2 rings (SSSR count). The number of halogens is 3. The minimum Gasteiger partial charge on any atom is -0.341 e. The highest BCUT2D eigenvalue weighted by atomic mass is 19.4. The van der Waals surface area contributed by atoms with Gasteiger partial charge in [-0.05, 0) is 37.5 Å². The molecule has 5 nitrogen and oxygen atoms in total. The van der Waals surface area contributed by atoms with Crippen LogP contribution in [-0.2, 0) is 11.0 Å². The maximum atomic E-state index is 12.9. The third kappa shape index (κ3) is 4.70. The van der Waals surface area contributed by atoms with Crippen LogP contribution >= 0.6 is 0 Å². The quantitative estimate of drug-likeness (QED) is 0.864. The van der Waals surface area contributed by atoms with Crippen LogP contribution < -0.4 is 10.6 Å². The summed E-state index contributed by atoms with van der Waals surface area (Å²) in [4.78, 5) is 24.9. The molecule has 1 unspecified atom stereocenters. The number of nitrogens with zero attached hydrogens (tertiary/aromatic N) is 1. The van der Waals surface area contributed by atoms with Crippen LogP contribution in [-0.4, -0.2) is 36.5 Å². The second kappa shape index (κ2) is 7.21. The van der Waals surface area contributed by atoms with Crippen LogP contribution in [0.1, 0.15) is 36.9 Å². The molecule has 1 aromatic carbocycles. The average Bonchev–Trinajstić information content (AvgIpc) is 3.36. The van der Waals surface area contributed by atoms with E-state index in [2.05, 4.69) is 10.6 Å². The summed E-state index contributed by atoms with van der Waals surface area (Å²) in [5.41, 5.74) is -0.220. The SMILES string of the molecule is CNC(=O)NC(=O)CN(C1CC1)C(C)c1cccc(C(F)(F)F)c1. The Morgan fingerprint density at radius 2 is 2.00 bits per heavy atom. The van der Waals surface area contributed by atoms with Gasteiger partial charge >= 0.3 is 12.2 Å². The average molecular weight is 343 g/mol. The zero-order valence-corrected chi connectivity index (χ0v) is 13.5. The van der Waals surface area contributed by atoms with Gasteiger partial charge in [0.05, 0.1) is 12.1 Å². The molecule has 0 spiro atoms. The zero-order chi connectivity index (χ0) is 17.9. The third-order valence-corrected chi connectivity index (χ3v) is 4.02. The number of carbonyl (C=O) groups is 2. The van der Waals surface area contributed by atoms with Crippen LogP contribution in [0.25, 0.3) is 0 Å². The van der Waals surface area contributed by atoms with Crippen molar-refractivity contribution in [2.75, 3.05) is 13.6 Å². The molecule has 0 radical (unpaired) electrons. The van der Waals surface area contributed by atoms with E-state index in [9.17, 15) is 22.8 Å². The van der Waals surface area contributed by atoms with E-state index >= 15 is 0 Å². The Kier molecular flexibility index (Phi) is 5.48. The van der Waals surface area contributed by atoms with Crippen LogP contribution in [0.15, 0.2) is 24.3 Å². The minimum absolute atomic E-state index is 0.0461. The van der Waals surface area contributed by atoms with Crippen molar-refractivity contribution in [2.45, 2.75) is 38.0 Å². The Morgan fingerprint density at radius 3 is 2.54 bits per heavy atom. The van der Waals surface area contributed by atoms with E-state index in [0.29, 0.717) is 5.56 Å². The number of carbonyl (C=O) groups excluding carboxylic acids is 2. The standard InChI is InChI=1S/C16H20F3N3O2/c1-10(11-4-3-5-12(8-11)16(17,18)19)22(13-6-7-13)9-14(23)21-15(24)20-2/h3-5,8,10,13H,6-7,9H2,1-2H3,(H2,20,21,23,24). The summed E-state index contributed by atoms with van der Waals surface area (Å²) >= 11 is 0. The molecule has 0 saturated heterocycles. The molecule has 0 bridgehead atoms. The molecular formula is C16H20F3N3O2. The van der Waals surface area contributed by atoms with Gasteiger partial charge in [0.2, 0.25) is 5.91 Å². The lowest BCUT2D eigenvalue weighted by atomic mass is 10.0. The highest BCUT2D eigenvalue weighted by Crippen LogP contribution is 2.36. The molecule has 2 N–H and O–H groups in total. The first-order valence-corrected chi connectivity index (χ1v) is 7.67. The van der Waals surface area contributed by atoms with Crippen molar-refractivity contribution in [3.63, 3.8) is 0 Å². The van der Waals surface area contributed by atoms with Crippen molar-refractivity contribution in [1.82, 2.24) is 15.5 Å². The fourth-order valence-corrected chi connectivity index (χ4v) is 2.55. The van der Waals surface area contributed by atoms with Gasteiger partial charge in [-0.25, -0.2) is 4.79 Å². The third-order valence-electron chi connectivity index (χ3n) is 4.02. The van der Waals surface area contributed by atoms with Gasteiger partial charge < -0.3 is 5.32 Å². The summed E-state index contributed by atoms with van der Waals surface area (Å²) in [5.74, 6) is -0.486. The first-order chi connectivity index (χ1) is 11.2. The van der Waals surface area contributed by atoms with E-state index in [1.807, 2.05) is 4.90 Å². The molecule has 1 fully saturated rings. The highest BCUT2D eigenvalue weighted by molar-refractivity contribution is 5.95. The number of amides is 3. The fraction of sp³-hybridized carbons (Fsp3) is 0.500. The summed E-state index contributed by atoms with van der Waals surface area (Å²) < 4.78 is 38.6. The van der Waals surface area contributed by atoms with Gasteiger partial charge in [-0.2, -0.15) is 13.2 Å². The van der Waals surface area contributed by atoms with Crippen LogP contribution in [0, 0.1) is 0 Å². The number of nitrogens with one attached hydrogen (secondary N) is 2. The van der Waals surface area contributed by atoms with Crippen molar-refractivity contribution < 1.29 is 22.8 Å². The van der Waals surface area contributed by atoms with E-state index in [0.717, 1.165) is 25.0 Å². The Balaban J connectivity index is 2.13. The number of rotatable bonds is 5. The minimum atomic E-state index is -4.41. The van der Waals surface area contributed by atoms with E-state index in [-0.39, 0.29) is 18.6 Å². The Morgan fingerprint density at radius 1 is 1.33 bits per heavy atom. The molecule has 0 heterocycles. The predicted octanol–water partition coefficient (Wildman–Crippen LogP) is 2.69. The van der Waals surface area contributed by atoms with E-state index < -0.39 is 23.7 Å².